The Morgan fingerprint density at radius 2 is 1.85 bits per heavy atom. The topological polar surface area (TPSA) is 106 Å². The Balaban J connectivity index is 1.63. The molecule has 0 spiro atoms. The van der Waals surface area contributed by atoms with Crippen molar-refractivity contribution in [3.8, 4) is 5.75 Å². The summed E-state index contributed by atoms with van der Waals surface area (Å²) in [4.78, 5) is 13.7. The Morgan fingerprint density at radius 1 is 1.15 bits per heavy atom. The monoisotopic (exact) mass is 495 g/mol. The Morgan fingerprint density at radius 3 is 2.47 bits per heavy atom. The Labute approximate surface area is 193 Å². The third-order valence-corrected chi connectivity index (χ3v) is 6.86. The third kappa shape index (κ3) is 4.55. The molecule has 2 heterocycles. The quantitative estimate of drug-likeness (QED) is 0.592. The van der Waals surface area contributed by atoms with Crippen LogP contribution in [0.3, 0.4) is 0 Å². The van der Waals surface area contributed by atoms with Crippen molar-refractivity contribution in [3.05, 3.63) is 59.9 Å². The highest BCUT2D eigenvalue weighted by Crippen LogP contribution is 2.36. The van der Waals surface area contributed by atoms with E-state index in [1.807, 2.05) is 13.8 Å². The number of amides is 1. The summed E-state index contributed by atoms with van der Waals surface area (Å²) in [5.41, 5.74) is -0.609. The van der Waals surface area contributed by atoms with E-state index in [1.54, 1.807) is 0 Å². The Hall–Kier alpha value is -3.61. The van der Waals surface area contributed by atoms with Crippen LogP contribution in [0.15, 0.2) is 53.6 Å². The van der Waals surface area contributed by atoms with Gasteiger partial charge in [-0.1, -0.05) is 0 Å². The molecule has 1 aliphatic rings. The number of rotatable bonds is 4. The predicted molar refractivity (Wildman–Crippen MR) is 116 cm³/mol. The molecule has 0 fully saturated rings. The van der Waals surface area contributed by atoms with Crippen molar-refractivity contribution in [1.82, 2.24) is 15.0 Å². The molecule has 1 N–H and O–H groups in total. The number of nitrogens with one attached hydrogen (secondary N) is 1. The molecular weight excluding hydrogens is 475 g/mol. The van der Waals surface area contributed by atoms with E-state index >= 15 is 0 Å². The van der Waals surface area contributed by atoms with Crippen LogP contribution in [0.4, 0.5) is 24.5 Å². The lowest BCUT2D eigenvalue weighted by Crippen LogP contribution is -2.32. The summed E-state index contributed by atoms with van der Waals surface area (Å²) in [6.45, 7) is 3.57. The summed E-state index contributed by atoms with van der Waals surface area (Å²) in [6.07, 6.45) is -3.25. The number of carbonyl (C=O) groups excluding carboxylic acids is 1. The standard InChI is InChI=1S/C21H20F3N5O4S/c1-13(2)29-25-12-17(27-29)20(30)26-15-5-8-18-19(11-15)34(31,32)28(9-10-33-18)16-6-3-14(4-7-16)21(22,23)24/h3-8,11-13H,9-10H2,1-2H3,(H,26,30). The highest BCUT2D eigenvalue weighted by atomic mass is 32.2. The molecule has 3 aromatic rings. The first kappa shape index (κ1) is 23.5. The van der Waals surface area contributed by atoms with E-state index < -0.39 is 27.7 Å². The Kier molecular flexibility index (Phi) is 5.98. The predicted octanol–water partition coefficient (Wildman–Crippen LogP) is 3.72. The van der Waals surface area contributed by atoms with Gasteiger partial charge < -0.3 is 10.1 Å². The van der Waals surface area contributed by atoms with Crippen molar-refractivity contribution in [2.24, 2.45) is 0 Å². The van der Waals surface area contributed by atoms with Crippen LogP contribution in [-0.4, -0.2) is 42.5 Å². The van der Waals surface area contributed by atoms with Gasteiger partial charge in [-0.3, -0.25) is 9.10 Å². The second-order valence-electron chi connectivity index (χ2n) is 7.73. The minimum atomic E-state index is -4.54. The summed E-state index contributed by atoms with van der Waals surface area (Å²) in [6, 6.07) is 7.89. The number of hydrogen-bond acceptors (Lipinski definition) is 6. The van der Waals surface area contributed by atoms with Crippen LogP contribution in [0.5, 0.6) is 5.75 Å². The maximum Gasteiger partial charge on any atom is 0.416 e. The van der Waals surface area contributed by atoms with Gasteiger partial charge in [-0.15, -0.1) is 5.10 Å². The zero-order valence-electron chi connectivity index (χ0n) is 18.1. The summed E-state index contributed by atoms with van der Waals surface area (Å²) in [5, 5.41) is 10.7. The van der Waals surface area contributed by atoms with Gasteiger partial charge in [0.05, 0.1) is 30.0 Å². The van der Waals surface area contributed by atoms with Gasteiger partial charge in [-0.2, -0.15) is 23.1 Å². The summed E-state index contributed by atoms with van der Waals surface area (Å²) in [7, 11) is -4.21. The van der Waals surface area contributed by atoms with Gasteiger partial charge in [0.25, 0.3) is 15.9 Å². The zero-order valence-corrected chi connectivity index (χ0v) is 18.9. The van der Waals surface area contributed by atoms with E-state index in [0.717, 1.165) is 28.6 Å². The number of fused-ring (bicyclic) bond motifs is 1. The largest absolute Gasteiger partial charge is 0.490 e. The van der Waals surface area contributed by atoms with Crippen molar-refractivity contribution >= 4 is 27.3 Å². The maximum atomic E-state index is 13.4. The van der Waals surface area contributed by atoms with Crippen LogP contribution < -0.4 is 14.4 Å². The molecule has 4 rings (SSSR count). The molecule has 1 amide bonds. The van der Waals surface area contributed by atoms with E-state index in [4.69, 9.17) is 4.74 Å². The lowest BCUT2D eigenvalue weighted by atomic mass is 10.2. The molecule has 180 valence electrons. The first-order chi connectivity index (χ1) is 16.0. The van der Waals surface area contributed by atoms with Crippen molar-refractivity contribution in [2.45, 2.75) is 31.0 Å². The van der Waals surface area contributed by atoms with Crippen molar-refractivity contribution in [1.29, 1.82) is 0 Å². The molecule has 0 atom stereocenters. The van der Waals surface area contributed by atoms with Gasteiger partial charge in [0, 0.05) is 5.69 Å². The molecule has 1 aliphatic heterocycles. The third-order valence-electron chi connectivity index (χ3n) is 5.01. The number of halogens is 3. The number of nitrogens with zero attached hydrogens (tertiary/aromatic N) is 4. The summed E-state index contributed by atoms with van der Waals surface area (Å²) >= 11 is 0. The summed E-state index contributed by atoms with van der Waals surface area (Å²) in [5.74, 6) is -0.517. The number of aromatic nitrogens is 3. The number of sulfonamides is 1. The highest BCUT2D eigenvalue weighted by Gasteiger charge is 2.34. The van der Waals surface area contributed by atoms with Crippen LogP contribution in [-0.2, 0) is 16.2 Å². The van der Waals surface area contributed by atoms with Gasteiger partial charge in [0.1, 0.15) is 17.3 Å². The molecule has 0 aliphatic carbocycles. The molecule has 0 saturated heterocycles. The van der Waals surface area contributed by atoms with Gasteiger partial charge in [0.2, 0.25) is 0 Å². The molecule has 0 saturated carbocycles. The molecule has 34 heavy (non-hydrogen) atoms. The van der Waals surface area contributed by atoms with Crippen LogP contribution in [0.1, 0.15) is 35.9 Å². The number of carbonyl (C=O) groups is 1. The van der Waals surface area contributed by atoms with Crippen molar-refractivity contribution in [3.63, 3.8) is 0 Å². The van der Waals surface area contributed by atoms with Crippen LogP contribution in [0, 0.1) is 0 Å². The van der Waals surface area contributed by atoms with Crippen LogP contribution in [0.25, 0.3) is 0 Å². The minimum absolute atomic E-state index is 0.0166. The first-order valence-electron chi connectivity index (χ1n) is 10.2. The van der Waals surface area contributed by atoms with Gasteiger partial charge >= 0.3 is 6.18 Å². The second kappa shape index (κ2) is 8.63. The zero-order chi connectivity index (χ0) is 24.7. The smallest absolute Gasteiger partial charge is 0.416 e. The van der Waals surface area contributed by atoms with Gasteiger partial charge in [-0.05, 0) is 56.3 Å². The molecule has 0 radical (unpaired) electrons. The fraction of sp³-hybridized carbons (Fsp3) is 0.286. The number of anilines is 2. The molecule has 2 aromatic carbocycles. The lowest BCUT2D eigenvalue weighted by molar-refractivity contribution is -0.137. The lowest BCUT2D eigenvalue weighted by Gasteiger charge is -2.22. The average Bonchev–Trinajstić information content (AvgIpc) is 3.23. The number of alkyl halides is 3. The number of ether oxygens (including phenoxy) is 1. The minimum Gasteiger partial charge on any atom is -0.490 e. The fourth-order valence-electron chi connectivity index (χ4n) is 3.29. The van der Waals surface area contributed by atoms with Crippen LogP contribution >= 0.6 is 0 Å². The van der Waals surface area contributed by atoms with Crippen molar-refractivity contribution in [2.75, 3.05) is 22.8 Å². The maximum absolute atomic E-state index is 13.4. The molecule has 13 heteroatoms. The summed E-state index contributed by atoms with van der Waals surface area (Å²) < 4.78 is 72.0. The molecular formula is C21H20F3N5O4S. The van der Waals surface area contributed by atoms with E-state index in [-0.39, 0.29) is 46.9 Å². The molecule has 0 bridgehead atoms. The van der Waals surface area contributed by atoms with Crippen molar-refractivity contribution < 1.29 is 31.1 Å². The van der Waals surface area contributed by atoms with E-state index in [9.17, 15) is 26.4 Å². The molecule has 1 aromatic heterocycles. The number of benzene rings is 2. The van der Waals surface area contributed by atoms with E-state index in [1.165, 1.54) is 29.2 Å². The van der Waals surface area contributed by atoms with Crippen LogP contribution in [0.2, 0.25) is 0 Å². The average molecular weight is 495 g/mol. The van der Waals surface area contributed by atoms with E-state index in [0.29, 0.717) is 0 Å². The number of hydrogen-bond donors (Lipinski definition) is 1. The molecule has 0 unspecified atom stereocenters. The van der Waals surface area contributed by atoms with E-state index in [2.05, 4.69) is 15.5 Å². The van der Waals surface area contributed by atoms with Gasteiger partial charge in [-0.25, -0.2) is 8.42 Å². The Bertz CT molecular complexity index is 1320. The molecule has 9 nitrogen and oxygen atoms in total. The highest BCUT2D eigenvalue weighted by molar-refractivity contribution is 7.93. The van der Waals surface area contributed by atoms with Gasteiger partial charge in [0.15, 0.2) is 5.69 Å². The normalized spacial score (nSPS) is 15.4. The second-order valence-corrected chi connectivity index (χ2v) is 9.56. The SMILES string of the molecule is CC(C)n1ncc(C(=O)Nc2ccc3c(c2)S(=O)(=O)N(c2ccc(C(F)(F)F)cc2)CCO3)n1. The fourth-order valence-corrected chi connectivity index (χ4v) is 4.90. The first-order valence-corrected chi connectivity index (χ1v) is 11.6.